The van der Waals surface area contributed by atoms with Crippen LogP contribution in [0.2, 0.25) is 0 Å². The second-order valence-electron chi connectivity index (χ2n) is 8.27. The molecule has 0 saturated carbocycles. The number of alkyl halides is 1. The highest BCUT2D eigenvalue weighted by molar-refractivity contribution is 5.96. The van der Waals surface area contributed by atoms with Crippen molar-refractivity contribution in [3.8, 4) is 0 Å². The van der Waals surface area contributed by atoms with Crippen molar-refractivity contribution in [1.82, 2.24) is 10.3 Å². The summed E-state index contributed by atoms with van der Waals surface area (Å²) in [5.74, 6) is 0.459. The highest BCUT2D eigenvalue weighted by Gasteiger charge is 2.30. The molecule has 2 aliphatic rings. The zero-order valence-corrected chi connectivity index (χ0v) is 18.7. The van der Waals surface area contributed by atoms with Crippen molar-refractivity contribution in [2.24, 2.45) is 11.0 Å². The first-order chi connectivity index (χ1) is 16.1. The summed E-state index contributed by atoms with van der Waals surface area (Å²) in [6.07, 6.45) is 1.09. The highest BCUT2D eigenvalue weighted by atomic mass is 19.1. The summed E-state index contributed by atoms with van der Waals surface area (Å²) >= 11 is 0. The summed E-state index contributed by atoms with van der Waals surface area (Å²) < 4.78 is 18.2. The van der Waals surface area contributed by atoms with Crippen LogP contribution in [0.15, 0.2) is 59.7 Å². The average molecular weight is 453 g/mol. The zero-order valence-electron chi connectivity index (χ0n) is 18.7. The molecule has 2 aromatic carbocycles. The van der Waals surface area contributed by atoms with Gasteiger partial charge >= 0.3 is 0 Å². The molecular weight excluding hydrogens is 423 g/mol. The van der Waals surface area contributed by atoms with Gasteiger partial charge in [0, 0.05) is 36.7 Å². The van der Waals surface area contributed by atoms with Crippen LogP contribution < -0.4 is 10.3 Å². The Labute approximate surface area is 193 Å². The number of ether oxygens (including phenoxy) is 1. The summed E-state index contributed by atoms with van der Waals surface area (Å²) in [4.78, 5) is 29.2. The van der Waals surface area contributed by atoms with Crippen LogP contribution in [0.1, 0.15) is 37.3 Å². The van der Waals surface area contributed by atoms with Gasteiger partial charge in [0.25, 0.3) is 0 Å². The molecule has 2 amide bonds. The Kier molecular flexibility index (Phi) is 7.22. The number of piperidine rings is 1. The van der Waals surface area contributed by atoms with Crippen molar-refractivity contribution in [3.63, 3.8) is 0 Å². The van der Waals surface area contributed by atoms with Gasteiger partial charge in [-0.05, 0) is 42.7 Å². The summed E-state index contributed by atoms with van der Waals surface area (Å²) in [5.41, 5.74) is 5.15. The molecule has 2 heterocycles. The maximum absolute atomic E-state index is 13.5. The Morgan fingerprint density at radius 3 is 2.42 bits per heavy atom. The zero-order chi connectivity index (χ0) is 23.2. The van der Waals surface area contributed by atoms with Crippen molar-refractivity contribution >= 4 is 23.4 Å². The number of hydrogen-bond donors (Lipinski definition) is 1. The number of hydrazone groups is 1. The van der Waals surface area contributed by atoms with Crippen molar-refractivity contribution in [1.29, 1.82) is 0 Å². The number of amides is 2. The predicted molar refractivity (Wildman–Crippen MR) is 124 cm³/mol. The number of benzene rings is 2. The molecule has 1 N–H and O–H groups in total. The third-order valence-corrected chi connectivity index (χ3v) is 6.08. The molecule has 1 atom stereocenters. The molecule has 0 unspecified atom stereocenters. The first-order valence-corrected chi connectivity index (χ1v) is 11.4. The lowest BCUT2D eigenvalue weighted by Gasteiger charge is -2.34. The van der Waals surface area contributed by atoms with E-state index in [0.29, 0.717) is 44.8 Å². The molecule has 0 radical (unpaired) electrons. The largest absolute Gasteiger partial charge is 0.448 e. The molecule has 0 spiro atoms. The van der Waals surface area contributed by atoms with E-state index in [9.17, 15) is 14.0 Å². The number of nitrogens with one attached hydrogen (secondary N) is 1. The molecule has 2 aromatic rings. The van der Waals surface area contributed by atoms with Gasteiger partial charge in [-0.25, -0.2) is 4.39 Å². The molecule has 0 aliphatic carbocycles. The van der Waals surface area contributed by atoms with E-state index in [-0.39, 0.29) is 17.7 Å². The van der Waals surface area contributed by atoms with E-state index in [1.54, 1.807) is 0 Å². The number of carbonyl (C=O) groups excluding carboxylic acids is 2. The van der Waals surface area contributed by atoms with Gasteiger partial charge in [-0.2, -0.15) is 0 Å². The normalized spacial score (nSPS) is 18.3. The Morgan fingerprint density at radius 1 is 1.12 bits per heavy atom. The summed E-state index contributed by atoms with van der Waals surface area (Å²) in [7, 11) is 0. The average Bonchev–Trinajstić information content (AvgIpc) is 3.37. The predicted octanol–water partition coefficient (Wildman–Crippen LogP) is 3.45. The number of nitrogens with zero attached hydrogens (tertiary/aromatic N) is 3. The number of likely N-dealkylation sites (tertiary alicyclic amines) is 1. The minimum absolute atomic E-state index is 0.0763. The van der Waals surface area contributed by atoms with Crippen LogP contribution in [0.3, 0.4) is 0 Å². The molecule has 1 saturated heterocycles. The number of halogens is 1. The maximum Gasteiger partial charge on any atom is 0.240 e. The Hall–Kier alpha value is -3.42. The van der Waals surface area contributed by atoms with Gasteiger partial charge < -0.3 is 14.5 Å². The molecule has 7 nitrogen and oxygen atoms in total. The van der Waals surface area contributed by atoms with Gasteiger partial charge in [0.15, 0.2) is 0 Å². The van der Waals surface area contributed by atoms with Crippen LogP contribution in [-0.4, -0.2) is 48.6 Å². The lowest BCUT2D eigenvalue weighted by Crippen LogP contribution is -2.44. The highest BCUT2D eigenvalue weighted by Crippen LogP contribution is 2.26. The van der Waals surface area contributed by atoms with E-state index in [1.807, 2.05) is 71.3 Å². The topological polar surface area (TPSA) is 74.2 Å². The number of para-hydroxylation sites is 1. The lowest BCUT2D eigenvalue weighted by molar-refractivity contribution is -0.134. The van der Waals surface area contributed by atoms with Crippen LogP contribution in [0.25, 0.3) is 0 Å². The van der Waals surface area contributed by atoms with E-state index in [1.165, 1.54) is 0 Å². The van der Waals surface area contributed by atoms with Crippen LogP contribution in [-0.2, 0) is 20.9 Å². The molecule has 33 heavy (non-hydrogen) atoms. The van der Waals surface area contributed by atoms with Gasteiger partial charge in [0.1, 0.15) is 6.67 Å². The lowest BCUT2D eigenvalue weighted by atomic mass is 9.94. The Morgan fingerprint density at radius 2 is 1.82 bits per heavy atom. The third kappa shape index (κ3) is 5.32. The fraction of sp³-hybridized carbons (Fsp3) is 0.400. The SMILES string of the molecule is CCC(=O)N1CCC(C(=O)N(Cc2ccc(C3=NN[C@H](CF)O3)cc2)c2ccccc2)CC1. The van der Waals surface area contributed by atoms with Crippen LogP contribution in [0.4, 0.5) is 10.1 Å². The summed E-state index contributed by atoms with van der Waals surface area (Å²) in [6.45, 7) is 2.87. The second-order valence-corrected chi connectivity index (χ2v) is 8.27. The van der Waals surface area contributed by atoms with Crippen molar-refractivity contribution < 1.29 is 18.7 Å². The van der Waals surface area contributed by atoms with Crippen molar-refractivity contribution in [2.45, 2.75) is 39.0 Å². The number of hydrogen-bond acceptors (Lipinski definition) is 5. The summed E-state index contributed by atoms with van der Waals surface area (Å²) in [6, 6.07) is 17.2. The molecule has 8 heteroatoms. The Bertz CT molecular complexity index is 988. The van der Waals surface area contributed by atoms with E-state index < -0.39 is 12.9 Å². The van der Waals surface area contributed by atoms with E-state index in [4.69, 9.17) is 4.74 Å². The van der Waals surface area contributed by atoms with E-state index >= 15 is 0 Å². The molecular formula is C25H29FN4O3. The standard InChI is InChI=1S/C25H29FN4O3/c1-2-23(31)29-14-12-20(13-15-29)25(32)30(21-6-4-3-5-7-21)17-18-8-10-19(11-9-18)24-28-27-22(16-26)33-24/h3-11,20,22,27H,2,12-17H2,1H3/t22-/m0/s1. The number of carbonyl (C=O) groups is 2. The Balaban J connectivity index is 1.47. The monoisotopic (exact) mass is 452 g/mol. The quantitative estimate of drug-likeness (QED) is 0.698. The fourth-order valence-electron chi connectivity index (χ4n) is 4.18. The number of anilines is 1. The minimum atomic E-state index is -0.745. The second kappa shape index (κ2) is 10.5. The van der Waals surface area contributed by atoms with Gasteiger partial charge in [0.05, 0.1) is 6.54 Å². The van der Waals surface area contributed by atoms with Crippen LogP contribution in [0.5, 0.6) is 0 Å². The van der Waals surface area contributed by atoms with Crippen molar-refractivity contribution in [3.05, 3.63) is 65.7 Å². The van der Waals surface area contributed by atoms with Crippen molar-refractivity contribution in [2.75, 3.05) is 24.7 Å². The van der Waals surface area contributed by atoms with Gasteiger partial charge in [-0.1, -0.05) is 37.3 Å². The minimum Gasteiger partial charge on any atom is -0.448 e. The van der Waals surface area contributed by atoms with Gasteiger partial charge in [-0.3, -0.25) is 15.0 Å². The van der Waals surface area contributed by atoms with Gasteiger partial charge in [-0.15, -0.1) is 5.10 Å². The fourth-order valence-corrected chi connectivity index (χ4v) is 4.18. The van der Waals surface area contributed by atoms with Crippen LogP contribution >= 0.6 is 0 Å². The first kappa shape index (κ1) is 22.8. The molecule has 174 valence electrons. The molecule has 2 aliphatic heterocycles. The maximum atomic E-state index is 13.5. The molecule has 0 bridgehead atoms. The molecule has 4 rings (SSSR count). The molecule has 0 aromatic heterocycles. The molecule has 1 fully saturated rings. The van der Waals surface area contributed by atoms with E-state index in [2.05, 4.69) is 10.5 Å². The van der Waals surface area contributed by atoms with Gasteiger partial charge in [0.2, 0.25) is 23.9 Å². The van der Waals surface area contributed by atoms with E-state index in [0.717, 1.165) is 16.8 Å². The van der Waals surface area contributed by atoms with Crippen LogP contribution in [0, 0.1) is 5.92 Å². The summed E-state index contributed by atoms with van der Waals surface area (Å²) in [5, 5.41) is 4.02. The smallest absolute Gasteiger partial charge is 0.240 e. The third-order valence-electron chi connectivity index (χ3n) is 6.08. The number of rotatable bonds is 7. The first-order valence-electron chi connectivity index (χ1n) is 11.4.